The normalized spacial score (nSPS) is 11.2. The van der Waals surface area contributed by atoms with Crippen LogP contribution >= 0.6 is 0 Å². The summed E-state index contributed by atoms with van der Waals surface area (Å²) in [4.78, 5) is 15.6. The molecule has 8 aromatic rings. The fourth-order valence-electron chi connectivity index (χ4n) is 5.95. The molecule has 204 valence electrons. The second-order valence-electron chi connectivity index (χ2n) is 10.8. The van der Waals surface area contributed by atoms with Crippen molar-refractivity contribution in [2.75, 3.05) is 0 Å². The summed E-state index contributed by atoms with van der Waals surface area (Å²) in [6.07, 6.45) is 0. The summed E-state index contributed by atoms with van der Waals surface area (Å²) in [6.45, 7) is 0. The minimum atomic E-state index is 0.601. The minimum Gasteiger partial charge on any atom is -0.248 e. The molecule has 0 amide bonds. The van der Waals surface area contributed by atoms with E-state index in [0.717, 1.165) is 77.6 Å². The van der Waals surface area contributed by atoms with Crippen molar-refractivity contribution < 1.29 is 0 Å². The molecule has 0 aliphatic heterocycles. The van der Waals surface area contributed by atoms with E-state index in [9.17, 15) is 5.26 Å². The van der Waals surface area contributed by atoms with Gasteiger partial charge in [0.15, 0.2) is 0 Å². The number of aromatic nitrogens is 3. The molecule has 44 heavy (non-hydrogen) atoms. The molecule has 0 bridgehead atoms. The molecule has 2 aromatic heterocycles. The number of para-hydroxylation sites is 2. The maximum absolute atomic E-state index is 9.42. The monoisotopic (exact) mass is 560 g/mol. The van der Waals surface area contributed by atoms with Gasteiger partial charge in [-0.15, -0.1) is 0 Å². The molecular formula is C40H24N4. The molecular weight excluding hydrogens is 536 g/mol. The molecule has 8 rings (SSSR count). The number of nitrogens with zero attached hydrogens (tertiary/aromatic N) is 4. The standard InChI is InChI=1S/C40H24N4/c41-25-26-19-21-29(22-20-26)39-40(44-36-18-6-5-17-35(36)43-39)30-23-37(33-15-7-11-27-9-1-3-13-31(27)33)42-38(24-30)34-16-8-12-28-10-2-4-14-32(28)34/h1-24H. The van der Waals surface area contributed by atoms with E-state index in [-0.39, 0.29) is 0 Å². The van der Waals surface area contributed by atoms with Gasteiger partial charge in [0.25, 0.3) is 0 Å². The molecule has 0 spiro atoms. The van der Waals surface area contributed by atoms with Crippen LogP contribution in [0.4, 0.5) is 0 Å². The third-order valence-electron chi connectivity index (χ3n) is 8.09. The molecule has 4 nitrogen and oxygen atoms in total. The highest BCUT2D eigenvalue weighted by molar-refractivity contribution is 6.00. The Morgan fingerprint density at radius 3 is 1.45 bits per heavy atom. The van der Waals surface area contributed by atoms with E-state index in [2.05, 4.69) is 103 Å². The quantitative estimate of drug-likeness (QED) is 0.215. The van der Waals surface area contributed by atoms with Crippen LogP contribution in [0.3, 0.4) is 0 Å². The average Bonchev–Trinajstić information content (AvgIpc) is 3.10. The van der Waals surface area contributed by atoms with E-state index in [1.165, 1.54) is 0 Å². The van der Waals surface area contributed by atoms with Crippen LogP contribution in [-0.2, 0) is 0 Å². The molecule has 0 fully saturated rings. The fourth-order valence-corrected chi connectivity index (χ4v) is 5.95. The Balaban J connectivity index is 1.45. The van der Waals surface area contributed by atoms with Crippen LogP contribution in [0.5, 0.6) is 0 Å². The molecule has 0 saturated heterocycles. The second kappa shape index (κ2) is 10.6. The van der Waals surface area contributed by atoms with E-state index in [1.807, 2.05) is 48.5 Å². The molecule has 0 unspecified atom stereocenters. The minimum absolute atomic E-state index is 0.601. The number of rotatable bonds is 4. The van der Waals surface area contributed by atoms with E-state index >= 15 is 0 Å². The van der Waals surface area contributed by atoms with Crippen molar-refractivity contribution in [1.29, 1.82) is 5.26 Å². The van der Waals surface area contributed by atoms with Crippen LogP contribution < -0.4 is 0 Å². The van der Waals surface area contributed by atoms with Gasteiger partial charge in [0.1, 0.15) is 0 Å². The molecule has 0 saturated carbocycles. The van der Waals surface area contributed by atoms with E-state index in [4.69, 9.17) is 15.0 Å². The zero-order chi connectivity index (χ0) is 29.5. The first-order chi connectivity index (χ1) is 21.7. The van der Waals surface area contributed by atoms with Gasteiger partial charge >= 0.3 is 0 Å². The Kier molecular flexibility index (Phi) is 6.14. The summed E-state index contributed by atoms with van der Waals surface area (Å²) in [5, 5.41) is 14.0. The summed E-state index contributed by atoms with van der Waals surface area (Å²) in [5.74, 6) is 0. The lowest BCUT2D eigenvalue weighted by Gasteiger charge is -2.15. The Morgan fingerprint density at radius 2 is 0.909 bits per heavy atom. The largest absolute Gasteiger partial charge is 0.248 e. The lowest BCUT2D eigenvalue weighted by molar-refractivity contribution is 1.27. The highest BCUT2D eigenvalue weighted by Crippen LogP contribution is 2.38. The first kappa shape index (κ1) is 25.5. The maximum atomic E-state index is 9.42. The van der Waals surface area contributed by atoms with Gasteiger partial charge in [0.2, 0.25) is 0 Å². The Hall–Kier alpha value is -6.18. The van der Waals surface area contributed by atoms with Gasteiger partial charge in [-0.1, -0.05) is 109 Å². The molecule has 0 N–H and O–H groups in total. The van der Waals surface area contributed by atoms with Crippen LogP contribution in [0.15, 0.2) is 146 Å². The van der Waals surface area contributed by atoms with E-state index in [1.54, 1.807) is 0 Å². The van der Waals surface area contributed by atoms with Crippen molar-refractivity contribution in [2.24, 2.45) is 0 Å². The molecule has 6 aromatic carbocycles. The van der Waals surface area contributed by atoms with Crippen LogP contribution in [-0.4, -0.2) is 15.0 Å². The molecule has 0 atom stereocenters. The van der Waals surface area contributed by atoms with E-state index < -0.39 is 0 Å². The van der Waals surface area contributed by atoms with Gasteiger partial charge in [0.05, 0.1) is 45.4 Å². The predicted octanol–water partition coefficient (Wildman–Crippen LogP) is 9.87. The zero-order valence-electron chi connectivity index (χ0n) is 23.6. The first-order valence-corrected chi connectivity index (χ1v) is 14.5. The number of fused-ring (bicyclic) bond motifs is 3. The van der Waals surface area contributed by atoms with Gasteiger partial charge in [-0.3, -0.25) is 0 Å². The summed E-state index contributed by atoms with van der Waals surface area (Å²) in [7, 11) is 0. The molecule has 4 heteroatoms. The van der Waals surface area contributed by atoms with Gasteiger partial charge in [-0.25, -0.2) is 15.0 Å². The van der Waals surface area contributed by atoms with Crippen molar-refractivity contribution >= 4 is 32.6 Å². The first-order valence-electron chi connectivity index (χ1n) is 14.5. The van der Waals surface area contributed by atoms with Crippen LogP contribution in [0.1, 0.15) is 5.56 Å². The highest BCUT2D eigenvalue weighted by Gasteiger charge is 2.18. The number of nitriles is 1. The van der Waals surface area contributed by atoms with Crippen LogP contribution in [0.25, 0.3) is 77.6 Å². The molecule has 0 aliphatic carbocycles. The summed E-state index contributed by atoms with van der Waals surface area (Å²) in [6, 6.07) is 51.5. The third-order valence-corrected chi connectivity index (χ3v) is 8.09. The van der Waals surface area contributed by atoms with Crippen molar-refractivity contribution in [3.63, 3.8) is 0 Å². The number of hydrogen-bond donors (Lipinski definition) is 0. The third kappa shape index (κ3) is 4.45. The van der Waals surface area contributed by atoms with E-state index in [0.29, 0.717) is 5.56 Å². The summed E-state index contributed by atoms with van der Waals surface area (Å²) < 4.78 is 0. The van der Waals surface area contributed by atoms with Crippen molar-refractivity contribution in [2.45, 2.75) is 0 Å². The average molecular weight is 561 g/mol. The number of benzene rings is 6. The maximum Gasteiger partial charge on any atom is 0.0991 e. The summed E-state index contributed by atoms with van der Waals surface area (Å²) >= 11 is 0. The smallest absolute Gasteiger partial charge is 0.0991 e. The van der Waals surface area contributed by atoms with Gasteiger partial charge < -0.3 is 0 Å². The lowest BCUT2D eigenvalue weighted by atomic mass is 9.95. The Morgan fingerprint density at radius 1 is 0.432 bits per heavy atom. The zero-order valence-corrected chi connectivity index (χ0v) is 23.6. The summed E-state index contributed by atoms with van der Waals surface area (Å²) in [5.41, 5.74) is 9.40. The Bertz CT molecular complexity index is 2290. The van der Waals surface area contributed by atoms with Crippen LogP contribution in [0.2, 0.25) is 0 Å². The van der Waals surface area contributed by atoms with Gasteiger partial charge in [0, 0.05) is 22.3 Å². The van der Waals surface area contributed by atoms with Crippen LogP contribution in [0, 0.1) is 11.3 Å². The van der Waals surface area contributed by atoms with Crippen molar-refractivity contribution in [3.05, 3.63) is 151 Å². The highest BCUT2D eigenvalue weighted by atomic mass is 14.8. The van der Waals surface area contributed by atoms with Crippen molar-refractivity contribution in [1.82, 2.24) is 15.0 Å². The SMILES string of the molecule is N#Cc1ccc(-c2nc3ccccc3nc2-c2cc(-c3cccc4ccccc34)nc(-c3cccc4ccccc34)c2)cc1. The molecule has 2 heterocycles. The fraction of sp³-hybridized carbons (Fsp3) is 0. The van der Waals surface area contributed by atoms with Gasteiger partial charge in [-0.2, -0.15) is 5.26 Å². The van der Waals surface area contributed by atoms with Gasteiger partial charge in [-0.05, 0) is 57.9 Å². The molecule has 0 aliphatic rings. The lowest BCUT2D eigenvalue weighted by Crippen LogP contribution is -1.98. The number of pyridine rings is 1. The predicted molar refractivity (Wildman–Crippen MR) is 179 cm³/mol. The van der Waals surface area contributed by atoms with Crippen molar-refractivity contribution in [3.8, 4) is 51.1 Å². The second-order valence-corrected chi connectivity index (χ2v) is 10.8. The molecule has 0 radical (unpaired) electrons. The Labute approximate surface area is 254 Å². The topological polar surface area (TPSA) is 62.5 Å². The number of hydrogen-bond acceptors (Lipinski definition) is 4.